The summed E-state index contributed by atoms with van der Waals surface area (Å²) in [6, 6.07) is 0. The Kier molecular flexibility index (Phi) is 3.46. The average Bonchev–Trinajstić information content (AvgIpc) is 1.64. The number of carbonyl (C=O) groups excluding carboxylic acids is 1. The zero-order valence-electron chi connectivity index (χ0n) is 5.51. The van der Waals surface area contributed by atoms with E-state index in [1.807, 2.05) is 6.92 Å². The molecule has 2 N–H and O–H groups in total. The number of nitrogens with two attached hydrogens (primary N) is 1. The minimum absolute atomic E-state index is 0.127. The van der Waals surface area contributed by atoms with Gasteiger partial charge in [-0.3, -0.25) is 0 Å². The van der Waals surface area contributed by atoms with Gasteiger partial charge in [-0.15, -0.1) is 0 Å². The number of amides is 1. The van der Waals surface area contributed by atoms with E-state index in [2.05, 4.69) is 9.74 Å². The summed E-state index contributed by atoms with van der Waals surface area (Å²) >= 11 is -1.17. The van der Waals surface area contributed by atoms with E-state index in [9.17, 15) is 4.79 Å². The quantitative estimate of drug-likeness (QED) is 0.686. The Morgan fingerprint density at radius 2 is 2.00 bits per heavy atom. The van der Waals surface area contributed by atoms with Gasteiger partial charge in [0.05, 0.1) is 0 Å². The van der Waals surface area contributed by atoms with Crippen LogP contribution >= 0.6 is 0 Å². The third-order valence-electron chi connectivity index (χ3n) is 1.19. The van der Waals surface area contributed by atoms with Gasteiger partial charge in [0.25, 0.3) is 0 Å². The van der Waals surface area contributed by atoms with Crippen molar-refractivity contribution in [1.82, 2.24) is 0 Å². The zero-order valence-corrected chi connectivity index (χ0v) is 8.06. The molecule has 0 aliphatic rings. The van der Waals surface area contributed by atoms with E-state index in [0.717, 1.165) is 0 Å². The van der Waals surface area contributed by atoms with Crippen LogP contribution in [0.25, 0.3) is 0 Å². The standard InChI is InChI=1S/C3H6NO.2CH3.Sb/c1-2-3(4)5;;;/h2H,1H3,(H2,4,5);2*1H3;. The topological polar surface area (TPSA) is 43.1 Å². The van der Waals surface area contributed by atoms with Gasteiger partial charge in [-0.05, 0) is 0 Å². The second kappa shape index (κ2) is 3.34. The van der Waals surface area contributed by atoms with Crippen molar-refractivity contribution in [3.8, 4) is 0 Å². The van der Waals surface area contributed by atoms with E-state index in [0.29, 0.717) is 0 Å². The Hall–Kier alpha value is 0.288. The maximum atomic E-state index is 10.4. The fourth-order valence-corrected chi connectivity index (χ4v) is 1.71. The molecule has 48 valence electrons. The van der Waals surface area contributed by atoms with Gasteiger partial charge in [-0.25, -0.2) is 0 Å². The van der Waals surface area contributed by atoms with Crippen molar-refractivity contribution in [3.05, 3.63) is 0 Å². The molecule has 0 heterocycles. The molecule has 0 saturated carbocycles. The van der Waals surface area contributed by atoms with Crippen molar-refractivity contribution in [1.29, 1.82) is 0 Å². The third-order valence-corrected chi connectivity index (χ3v) is 6.33. The Balaban J connectivity index is 3.64. The summed E-state index contributed by atoms with van der Waals surface area (Å²) in [6.45, 7) is 1.92. The SMILES string of the molecule is C[CH](C(N)=O)[Sb]([CH3])[CH3]. The Labute approximate surface area is 57.4 Å². The summed E-state index contributed by atoms with van der Waals surface area (Å²) in [5.74, 6) is -0.127. The van der Waals surface area contributed by atoms with Crippen molar-refractivity contribution >= 4 is 26.1 Å². The van der Waals surface area contributed by atoms with E-state index < -0.39 is 20.2 Å². The van der Waals surface area contributed by atoms with Crippen molar-refractivity contribution in [2.45, 2.75) is 20.5 Å². The zero-order chi connectivity index (χ0) is 6.73. The molecule has 0 aliphatic carbocycles. The molecule has 8 heavy (non-hydrogen) atoms. The molecule has 1 unspecified atom stereocenters. The van der Waals surface area contributed by atoms with E-state index in [4.69, 9.17) is 5.73 Å². The van der Waals surface area contributed by atoms with Gasteiger partial charge in [0.2, 0.25) is 0 Å². The second-order valence-corrected chi connectivity index (χ2v) is 9.75. The van der Waals surface area contributed by atoms with E-state index in [1.54, 1.807) is 0 Å². The number of hydrogen-bond donors (Lipinski definition) is 1. The summed E-state index contributed by atoms with van der Waals surface area (Å²) in [5.41, 5.74) is 5.04. The number of carbonyl (C=O) groups is 1. The fraction of sp³-hybridized carbons (Fsp3) is 0.800. The summed E-state index contributed by atoms with van der Waals surface area (Å²) < 4.78 is 0.193. The molecular weight excluding hydrogens is 212 g/mol. The molecule has 0 aliphatic heterocycles. The summed E-state index contributed by atoms with van der Waals surface area (Å²) in [5, 5.41) is 0. The maximum absolute atomic E-state index is 10.4. The molecule has 3 heteroatoms. The van der Waals surface area contributed by atoms with Crippen LogP contribution < -0.4 is 5.73 Å². The summed E-state index contributed by atoms with van der Waals surface area (Å²) in [4.78, 5) is 14.7. The van der Waals surface area contributed by atoms with Crippen LogP contribution in [-0.2, 0) is 4.79 Å². The minimum atomic E-state index is -1.17. The van der Waals surface area contributed by atoms with Gasteiger partial charge in [-0.2, -0.15) is 0 Å². The molecule has 0 rings (SSSR count). The summed E-state index contributed by atoms with van der Waals surface area (Å²) in [6.07, 6.45) is 0. The van der Waals surface area contributed by atoms with Crippen LogP contribution in [0.15, 0.2) is 0 Å². The van der Waals surface area contributed by atoms with Crippen LogP contribution in [-0.4, -0.2) is 26.1 Å². The molecule has 0 radical (unpaired) electrons. The molecule has 2 nitrogen and oxygen atoms in total. The van der Waals surface area contributed by atoms with Gasteiger partial charge in [0.1, 0.15) is 0 Å². The molecule has 0 aromatic heterocycles. The van der Waals surface area contributed by atoms with Gasteiger partial charge < -0.3 is 0 Å². The second-order valence-electron chi connectivity index (χ2n) is 2.04. The first-order valence-corrected chi connectivity index (χ1v) is 9.09. The molecule has 0 aromatic rings. The molecule has 0 spiro atoms. The first-order valence-electron chi connectivity index (χ1n) is 2.51. The van der Waals surface area contributed by atoms with Crippen LogP contribution in [0.5, 0.6) is 0 Å². The summed E-state index contributed by atoms with van der Waals surface area (Å²) in [7, 11) is 0. The van der Waals surface area contributed by atoms with Crippen LogP contribution in [0.2, 0.25) is 13.6 Å². The average molecular weight is 224 g/mol. The monoisotopic (exact) mass is 223 g/mol. The number of rotatable bonds is 2. The van der Waals surface area contributed by atoms with Crippen molar-refractivity contribution < 1.29 is 4.79 Å². The van der Waals surface area contributed by atoms with Gasteiger partial charge in [0.15, 0.2) is 0 Å². The molecule has 1 amide bonds. The third kappa shape index (κ3) is 2.56. The molecule has 0 saturated heterocycles. The molecule has 0 bridgehead atoms. The first kappa shape index (κ1) is 8.29. The van der Waals surface area contributed by atoms with E-state index in [1.165, 1.54) is 0 Å². The number of hydrogen-bond acceptors (Lipinski definition) is 1. The molecule has 1 atom stereocenters. The fourth-order valence-electron chi connectivity index (χ4n) is 0.254. The van der Waals surface area contributed by atoms with E-state index in [-0.39, 0.29) is 9.77 Å². The van der Waals surface area contributed by atoms with Crippen LogP contribution in [0.3, 0.4) is 0 Å². The van der Waals surface area contributed by atoms with Crippen LogP contribution in [0.1, 0.15) is 6.92 Å². The van der Waals surface area contributed by atoms with Crippen molar-refractivity contribution in [2.75, 3.05) is 0 Å². The molecule has 0 fully saturated rings. The Morgan fingerprint density at radius 3 is 2.00 bits per heavy atom. The number of primary amides is 1. The van der Waals surface area contributed by atoms with E-state index >= 15 is 0 Å². The van der Waals surface area contributed by atoms with Gasteiger partial charge >= 0.3 is 57.2 Å². The Bertz CT molecular complexity index is 92.4. The first-order chi connectivity index (χ1) is 3.55. The predicted molar refractivity (Wildman–Crippen MR) is 36.1 cm³/mol. The van der Waals surface area contributed by atoms with Crippen LogP contribution in [0, 0.1) is 0 Å². The van der Waals surface area contributed by atoms with Crippen LogP contribution in [0.4, 0.5) is 0 Å². The van der Waals surface area contributed by atoms with Crippen molar-refractivity contribution in [3.63, 3.8) is 0 Å². The normalized spacial score (nSPS) is 14.0. The molecular formula is C5H12NOSb. The Morgan fingerprint density at radius 1 is 1.62 bits per heavy atom. The van der Waals surface area contributed by atoms with Gasteiger partial charge in [0, 0.05) is 0 Å². The van der Waals surface area contributed by atoms with Gasteiger partial charge in [-0.1, -0.05) is 0 Å². The predicted octanol–water partition coefficient (Wildman–Crippen LogP) is 0.616. The van der Waals surface area contributed by atoms with Crippen molar-refractivity contribution in [2.24, 2.45) is 5.73 Å². The molecule has 0 aromatic carbocycles.